The second-order valence-corrected chi connectivity index (χ2v) is 10.6. The average molecular weight is 457 g/mol. The third-order valence-corrected chi connectivity index (χ3v) is 8.47. The number of aryl methyl sites for hydroxylation is 1. The highest BCUT2D eigenvalue weighted by molar-refractivity contribution is 7.89. The van der Waals surface area contributed by atoms with Crippen molar-refractivity contribution >= 4 is 15.9 Å². The third-order valence-electron chi connectivity index (χ3n) is 6.56. The molecule has 7 heteroatoms. The summed E-state index contributed by atoms with van der Waals surface area (Å²) in [5.74, 6) is 0.946. The van der Waals surface area contributed by atoms with Gasteiger partial charge in [-0.25, -0.2) is 8.42 Å². The van der Waals surface area contributed by atoms with Crippen LogP contribution >= 0.6 is 0 Å². The molecular formula is C25H32N2O4S. The van der Waals surface area contributed by atoms with Crippen molar-refractivity contribution in [1.82, 2.24) is 9.21 Å². The van der Waals surface area contributed by atoms with Crippen LogP contribution in [0.2, 0.25) is 0 Å². The Morgan fingerprint density at radius 1 is 1.00 bits per heavy atom. The van der Waals surface area contributed by atoms with Crippen LogP contribution < -0.4 is 4.74 Å². The smallest absolute Gasteiger partial charge is 0.243 e. The van der Waals surface area contributed by atoms with E-state index < -0.39 is 10.0 Å². The van der Waals surface area contributed by atoms with E-state index in [1.807, 2.05) is 35.2 Å². The van der Waals surface area contributed by atoms with Gasteiger partial charge in [-0.3, -0.25) is 4.79 Å². The highest BCUT2D eigenvalue weighted by atomic mass is 32.2. The highest BCUT2D eigenvalue weighted by Gasteiger charge is 2.30. The molecule has 2 heterocycles. The molecule has 1 amide bonds. The number of likely N-dealkylation sites (tertiary alicyclic amines) is 1. The number of hydrogen-bond donors (Lipinski definition) is 0. The third kappa shape index (κ3) is 4.99. The molecule has 2 aromatic rings. The first-order chi connectivity index (χ1) is 15.5. The lowest BCUT2D eigenvalue weighted by molar-refractivity contribution is -0.132. The number of hydrogen-bond acceptors (Lipinski definition) is 4. The molecule has 2 aliphatic heterocycles. The van der Waals surface area contributed by atoms with Crippen molar-refractivity contribution in [3.8, 4) is 5.75 Å². The molecule has 1 unspecified atom stereocenters. The number of rotatable bonds is 7. The largest absolute Gasteiger partial charge is 0.497 e. The van der Waals surface area contributed by atoms with Gasteiger partial charge in [0.1, 0.15) is 5.75 Å². The second kappa shape index (κ2) is 10.0. The zero-order chi connectivity index (χ0) is 22.6. The molecule has 0 saturated carbocycles. The van der Waals surface area contributed by atoms with Gasteiger partial charge in [-0.15, -0.1) is 0 Å². The van der Waals surface area contributed by atoms with E-state index in [1.165, 1.54) is 0 Å². The van der Waals surface area contributed by atoms with Gasteiger partial charge in [-0.05, 0) is 67.5 Å². The fraction of sp³-hybridized carbons (Fsp3) is 0.480. The quantitative estimate of drug-likeness (QED) is 0.627. The summed E-state index contributed by atoms with van der Waals surface area (Å²) >= 11 is 0. The first-order valence-corrected chi connectivity index (χ1v) is 13.0. The zero-order valence-electron chi connectivity index (χ0n) is 18.7. The van der Waals surface area contributed by atoms with Crippen molar-refractivity contribution in [2.24, 2.45) is 0 Å². The lowest BCUT2D eigenvalue weighted by Crippen LogP contribution is -2.35. The molecule has 172 valence electrons. The van der Waals surface area contributed by atoms with E-state index in [4.69, 9.17) is 4.74 Å². The summed E-state index contributed by atoms with van der Waals surface area (Å²) in [7, 11) is -1.77. The summed E-state index contributed by atoms with van der Waals surface area (Å²) in [5.41, 5.74) is 2.09. The normalized spacial score (nSPS) is 19.8. The van der Waals surface area contributed by atoms with Crippen LogP contribution in [0, 0.1) is 0 Å². The Bertz CT molecular complexity index is 1030. The van der Waals surface area contributed by atoms with Crippen LogP contribution in [-0.4, -0.2) is 50.3 Å². The molecule has 6 nitrogen and oxygen atoms in total. The fourth-order valence-corrected chi connectivity index (χ4v) is 6.25. The van der Waals surface area contributed by atoms with Crippen LogP contribution in [0.3, 0.4) is 0 Å². The Balaban J connectivity index is 1.37. The molecule has 0 bridgehead atoms. The lowest BCUT2D eigenvalue weighted by atomic mass is 10.0. The minimum Gasteiger partial charge on any atom is -0.497 e. The van der Waals surface area contributed by atoms with Gasteiger partial charge < -0.3 is 9.64 Å². The number of carbonyl (C=O) groups excluding carboxylic acids is 1. The molecule has 2 aliphatic rings. The maximum absolute atomic E-state index is 13.0. The van der Waals surface area contributed by atoms with Crippen molar-refractivity contribution in [2.45, 2.75) is 55.9 Å². The van der Waals surface area contributed by atoms with Gasteiger partial charge in [0.15, 0.2) is 0 Å². The van der Waals surface area contributed by atoms with Gasteiger partial charge in [0.2, 0.25) is 15.9 Å². The van der Waals surface area contributed by atoms with Gasteiger partial charge in [-0.1, -0.05) is 30.7 Å². The number of piperidine rings is 1. The Morgan fingerprint density at radius 3 is 2.47 bits per heavy atom. The van der Waals surface area contributed by atoms with Crippen LogP contribution in [0.4, 0.5) is 0 Å². The van der Waals surface area contributed by atoms with Gasteiger partial charge >= 0.3 is 0 Å². The molecule has 0 spiro atoms. The predicted octanol–water partition coefficient (Wildman–Crippen LogP) is 4.17. The minimum atomic E-state index is -3.42. The van der Waals surface area contributed by atoms with Crippen LogP contribution in [0.1, 0.15) is 55.7 Å². The molecule has 0 aromatic heterocycles. The highest BCUT2D eigenvalue weighted by Crippen LogP contribution is 2.34. The summed E-state index contributed by atoms with van der Waals surface area (Å²) in [4.78, 5) is 15.3. The minimum absolute atomic E-state index is 0.0923. The number of carbonyl (C=O) groups is 1. The van der Waals surface area contributed by atoms with Gasteiger partial charge in [0.05, 0.1) is 18.0 Å². The fourth-order valence-electron chi connectivity index (χ4n) is 4.74. The molecule has 2 fully saturated rings. The first-order valence-electron chi connectivity index (χ1n) is 11.5. The van der Waals surface area contributed by atoms with E-state index in [9.17, 15) is 13.2 Å². The molecule has 32 heavy (non-hydrogen) atoms. The molecule has 4 rings (SSSR count). The molecule has 2 aromatic carbocycles. The molecule has 0 N–H and O–H groups in total. The standard InChI is InChI=1S/C25H32N2O4S/c1-31-22-8-5-7-21(19-22)24-9-6-18-27(24)25(28)15-12-20-10-13-23(14-11-20)32(29,30)26-16-3-2-4-17-26/h5,7-8,10-11,13-14,19,24H,2-4,6,9,12,15-18H2,1H3. The van der Waals surface area contributed by atoms with Crippen LogP contribution in [0.5, 0.6) is 5.75 Å². The van der Waals surface area contributed by atoms with Crippen LogP contribution in [0.15, 0.2) is 53.4 Å². The summed E-state index contributed by atoms with van der Waals surface area (Å²) in [6.07, 6.45) is 5.91. The van der Waals surface area contributed by atoms with Crippen LogP contribution in [0.25, 0.3) is 0 Å². The molecule has 1 atom stereocenters. The molecule has 2 saturated heterocycles. The lowest BCUT2D eigenvalue weighted by Gasteiger charge is -2.26. The summed E-state index contributed by atoms with van der Waals surface area (Å²) in [6, 6.07) is 15.1. The predicted molar refractivity (Wildman–Crippen MR) is 124 cm³/mol. The zero-order valence-corrected chi connectivity index (χ0v) is 19.5. The van der Waals surface area contributed by atoms with Crippen molar-refractivity contribution in [3.05, 3.63) is 59.7 Å². The van der Waals surface area contributed by atoms with Gasteiger partial charge in [0, 0.05) is 26.1 Å². The van der Waals surface area contributed by atoms with Gasteiger partial charge in [-0.2, -0.15) is 4.31 Å². The molecule has 0 aliphatic carbocycles. The monoisotopic (exact) mass is 456 g/mol. The average Bonchev–Trinajstić information content (AvgIpc) is 3.33. The summed E-state index contributed by atoms with van der Waals surface area (Å²) < 4.78 is 32.5. The van der Waals surface area contributed by atoms with E-state index >= 15 is 0 Å². The van der Waals surface area contributed by atoms with Crippen molar-refractivity contribution in [3.63, 3.8) is 0 Å². The van der Waals surface area contributed by atoms with E-state index in [2.05, 4.69) is 6.07 Å². The maximum Gasteiger partial charge on any atom is 0.243 e. The Morgan fingerprint density at radius 2 is 1.75 bits per heavy atom. The van der Waals surface area contributed by atoms with E-state index in [1.54, 1.807) is 23.5 Å². The number of ether oxygens (including phenoxy) is 1. The first kappa shape index (κ1) is 22.8. The Labute approximate surface area is 191 Å². The summed E-state index contributed by atoms with van der Waals surface area (Å²) in [5, 5.41) is 0. The van der Waals surface area contributed by atoms with Crippen molar-refractivity contribution < 1.29 is 17.9 Å². The number of sulfonamides is 1. The van der Waals surface area contributed by atoms with E-state index in [-0.39, 0.29) is 11.9 Å². The van der Waals surface area contributed by atoms with Crippen LogP contribution in [-0.2, 0) is 21.2 Å². The molecule has 0 radical (unpaired) electrons. The van der Waals surface area contributed by atoms with Gasteiger partial charge in [0.25, 0.3) is 0 Å². The Hall–Kier alpha value is -2.38. The SMILES string of the molecule is COc1cccc(C2CCCN2C(=O)CCc2ccc(S(=O)(=O)N3CCCCC3)cc2)c1. The topological polar surface area (TPSA) is 66.9 Å². The number of methoxy groups -OCH3 is 1. The number of amides is 1. The second-order valence-electron chi connectivity index (χ2n) is 8.63. The maximum atomic E-state index is 13.0. The Kier molecular flexibility index (Phi) is 7.16. The van der Waals surface area contributed by atoms with E-state index in [0.717, 1.165) is 55.5 Å². The number of nitrogens with zero attached hydrogens (tertiary/aromatic N) is 2. The molecular weight excluding hydrogens is 424 g/mol. The van der Waals surface area contributed by atoms with Crippen molar-refractivity contribution in [2.75, 3.05) is 26.7 Å². The summed E-state index contributed by atoms with van der Waals surface area (Å²) in [6.45, 7) is 1.97. The van der Waals surface area contributed by atoms with E-state index in [0.29, 0.717) is 30.8 Å². The number of benzene rings is 2. The van der Waals surface area contributed by atoms with Crippen molar-refractivity contribution in [1.29, 1.82) is 0 Å².